The quantitative estimate of drug-likeness (QED) is 0.837. The number of nitrogens with two attached hydrogens (primary N) is 1. The van der Waals surface area contributed by atoms with Crippen molar-refractivity contribution in [1.29, 1.82) is 0 Å². The van der Waals surface area contributed by atoms with Crippen molar-refractivity contribution in [2.75, 3.05) is 26.3 Å². The van der Waals surface area contributed by atoms with Gasteiger partial charge in [-0.2, -0.15) is 0 Å². The molecule has 1 saturated carbocycles. The fourth-order valence-electron chi connectivity index (χ4n) is 4.06. The highest BCUT2D eigenvalue weighted by molar-refractivity contribution is 4.99. The van der Waals surface area contributed by atoms with E-state index in [0.29, 0.717) is 11.5 Å². The second-order valence-corrected chi connectivity index (χ2v) is 7.69. The maximum atomic E-state index is 6.20. The van der Waals surface area contributed by atoms with Gasteiger partial charge in [0.1, 0.15) is 0 Å². The summed E-state index contributed by atoms with van der Waals surface area (Å²) in [6, 6.07) is 0.517. The van der Waals surface area contributed by atoms with Crippen molar-refractivity contribution < 1.29 is 4.74 Å². The van der Waals surface area contributed by atoms with E-state index in [1.54, 1.807) is 0 Å². The fraction of sp³-hybridized carbons (Fsp3) is 1.00. The normalized spacial score (nSPS) is 38.4. The SMILES string of the molecule is CC1COCCN1C1(CN)CCC(C(C)(C)C)CC1. The van der Waals surface area contributed by atoms with E-state index in [1.807, 2.05) is 0 Å². The number of morpholine rings is 1. The lowest BCUT2D eigenvalue weighted by Gasteiger charge is -2.53. The Labute approximate surface area is 118 Å². The molecule has 0 aromatic carbocycles. The highest BCUT2D eigenvalue weighted by Gasteiger charge is 2.43. The highest BCUT2D eigenvalue weighted by atomic mass is 16.5. The van der Waals surface area contributed by atoms with E-state index in [9.17, 15) is 0 Å². The Balaban J connectivity index is 2.05. The van der Waals surface area contributed by atoms with E-state index in [2.05, 4.69) is 32.6 Å². The van der Waals surface area contributed by atoms with Gasteiger partial charge in [0.05, 0.1) is 13.2 Å². The Bertz CT molecular complexity index is 290. The molecule has 1 saturated heterocycles. The van der Waals surface area contributed by atoms with Crippen LogP contribution in [0.15, 0.2) is 0 Å². The van der Waals surface area contributed by atoms with Crippen molar-refractivity contribution in [3.63, 3.8) is 0 Å². The number of nitrogens with zero attached hydrogens (tertiary/aromatic N) is 1. The van der Waals surface area contributed by atoms with Crippen LogP contribution in [0.3, 0.4) is 0 Å². The Morgan fingerprint density at radius 1 is 1.26 bits per heavy atom. The lowest BCUT2D eigenvalue weighted by atomic mass is 9.66. The summed E-state index contributed by atoms with van der Waals surface area (Å²) in [6.07, 6.45) is 5.17. The Kier molecular flexibility index (Phi) is 4.59. The first kappa shape index (κ1) is 15.3. The molecular weight excluding hydrogens is 236 g/mol. The van der Waals surface area contributed by atoms with Gasteiger partial charge in [0.15, 0.2) is 0 Å². The van der Waals surface area contributed by atoms with Crippen molar-refractivity contribution in [1.82, 2.24) is 4.90 Å². The van der Waals surface area contributed by atoms with E-state index in [1.165, 1.54) is 25.7 Å². The van der Waals surface area contributed by atoms with Crippen LogP contribution in [0.5, 0.6) is 0 Å². The zero-order valence-corrected chi connectivity index (χ0v) is 13.2. The monoisotopic (exact) mass is 268 g/mol. The van der Waals surface area contributed by atoms with Crippen LogP contribution in [0.1, 0.15) is 53.4 Å². The van der Waals surface area contributed by atoms with Crippen molar-refractivity contribution in [3.8, 4) is 0 Å². The number of rotatable bonds is 2. The molecule has 3 nitrogen and oxygen atoms in total. The first-order chi connectivity index (χ1) is 8.89. The Morgan fingerprint density at radius 2 is 1.89 bits per heavy atom. The van der Waals surface area contributed by atoms with Crippen LogP contribution in [-0.4, -0.2) is 42.8 Å². The fourth-order valence-corrected chi connectivity index (χ4v) is 4.06. The van der Waals surface area contributed by atoms with Crippen molar-refractivity contribution >= 4 is 0 Å². The zero-order chi connectivity index (χ0) is 14.1. The molecule has 1 aliphatic heterocycles. The first-order valence-electron chi connectivity index (χ1n) is 7.94. The lowest BCUT2D eigenvalue weighted by molar-refractivity contribution is -0.0773. The van der Waals surface area contributed by atoms with Crippen LogP contribution in [0, 0.1) is 11.3 Å². The Morgan fingerprint density at radius 3 is 2.37 bits per heavy atom. The van der Waals surface area contributed by atoms with E-state index in [-0.39, 0.29) is 5.54 Å². The van der Waals surface area contributed by atoms with Gasteiger partial charge in [-0.15, -0.1) is 0 Å². The van der Waals surface area contributed by atoms with E-state index in [4.69, 9.17) is 10.5 Å². The van der Waals surface area contributed by atoms with E-state index in [0.717, 1.165) is 32.2 Å². The lowest BCUT2D eigenvalue weighted by Crippen LogP contribution is -2.62. The number of hydrogen-bond acceptors (Lipinski definition) is 3. The largest absolute Gasteiger partial charge is 0.379 e. The highest BCUT2D eigenvalue weighted by Crippen LogP contribution is 2.44. The maximum Gasteiger partial charge on any atom is 0.0620 e. The van der Waals surface area contributed by atoms with Crippen LogP contribution in [0.25, 0.3) is 0 Å². The summed E-state index contributed by atoms with van der Waals surface area (Å²) in [5.74, 6) is 0.850. The molecule has 1 atom stereocenters. The molecule has 1 heterocycles. The summed E-state index contributed by atoms with van der Waals surface area (Å²) in [7, 11) is 0. The van der Waals surface area contributed by atoms with E-state index >= 15 is 0 Å². The predicted octanol–water partition coefficient (Wildman–Crippen LogP) is 2.64. The second kappa shape index (κ2) is 5.71. The van der Waals surface area contributed by atoms with Gasteiger partial charge in [0.2, 0.25) is 0 Å². The van der Waals surface area contributed by atoms with Gasteiger partial charge in [-0.1, -0.05) is 20.8 Å². The summed E-state index contributed by atoms with van der Waals surface area (Å²) in [4.78, 5) is 2.65. The molecular formula is C16H32N2O. The third-order valence-corrected chi connectivity index (χ3v) is 5.50. The molecule has 0 amide bonds. The molecule has 2 rings (SSSR count). The average Bonchev–Trinajstić information content (AvgIpc) is 2.38. The van der Waals surface area contributed by atoms with Crippen LogP contribution >= 0.6 is 0 Å². The van der Waals surface area contributed by atoms with Gasteiger partial charge in [-0.3, -0.25) is 4.90 Å². The van der Waals surface area contributed by atoms with Crippen molar-refractivity contribution in [2.24, 2.45) is 17.1 Å². The second-order valence-electron chi connectivity index (χ2n) is 7.69. The molecule has 1 unspecified atom stereocenters. The number of hydrogen-bond donors (Lipinski definition) is 1. The summed E-state index contributed by atoms with van der Waals surface area (Å²) in [5.41, 5.74) is 6.89. The third-order valence-electron chi connectivity index (χ3n) is 5.50. The van der Waals surface area contributed by atoms with Gasteiger partial charge in [-0.05, 0) is 43.9 Å². The predicted molar refractivity (Wildman–Crippen MR) is 80.2 cm³/mol. The molecule has 0 radical (unpaired) electrons. The standard InChI is InChI=1S/C16H32N2O/c1-13-11-19-10-9-18(13)16(12-17)7-5-14(6-8-16)15(2,3)4/h13-14H,5-12,17H2,1-4H3. The number of ether oxygens (including phenoxy) is 1. The topological polar surface area (TPSA) is 38.5 Å². The molecule has 2 fully saturated rings. The van der Waals surface area contributed by atoms with Crippen LogP contribution in [0.2, 0.25) is 0 Å². The summed E-state index contributed by atoms with van der Waals surface area (Å²) in [5, 5.41) is 0. The van der Waals surface area contributed by atoms with Crippen molar-refractivity contribution in [3.05, 3.63) is 0 Å². The zero-order valence-electron chi connectivity index (χ0n) is 13.2. The molecule has 0 spiro atoms. The maximum absolute atomic E-state index is 6.20. The molecule has 1 aliphatic carbocycles. The van der Waals surface area contributed by atoms with Gasteiger partial charge in [0.25, 0.3) is 0 Å². The Hall–Kier alpha value is -0.120. The average molecular weight is 268 g/mol. The van der Waals surface area contributed by atoms with Crippen LogP contribution < -0.4 is 5.73 Å². The summed E-state index contributed by atoms with van der Waals surface area (Å²) >= 11 is 0. The first-order valence-corrected chi connectivity index (χ1v) is 7.94. The molecule has 0 aromatic rings. The van der Waals surface area contributed by atoms with Gasteiger partial charge < -0.3 is 10.5 Å². The molecule has 3 heteroatoms. The third kappa shape index (κ3) is 3.14. The molecule has 2 N–H and O–H groups in total. The van der Waals surface area contributed by atoms with Gasteiger partial charge >= 0.3 is 0 Å². The van der Waals surface area contributed by atoms with Gasteiger partial charge in [0, 0.05) is 24.7 Å². The van der Waals surface area contributed by atoms with E-state index < -0.39 is 0 Å². The minimum absolute atomic E-state index is 0.241. The molecule has 0 aromatic heterocycles. The molecule has 19 heavy (non-hydrogen) atoms. The molecule has 2 aliphatic rings. The summed E-state index contributed by atoms with van der Waals surface area (Å²) in [6.45, 7) is 13.0. The minimum Gasteiger partial charge on any atom is -0.379 e. The van der Waals surface area contributed by atoms with Crippen molar-refractivity contribution in [2.45, 2.75) is 65.0 Å². The van der Waals surface area contributed by atoms with Gasteiger partial charge in [-0.25, -0.2) is 0 Å². The molecule has 112 valence electrons. The molecule has 0 bridgehead atoms. The van der Waals surface area contributed by atoms with Crippen LogP contribution in [0.4, 0.5) is 0 Å². The smallest absolute Gasteiger partial charge is 0.0620 e. The van der Waals surface area contributed by atoms with Crippen LogP contribution in [-0.2, 0) is 4.74 Å². The summed E-state index contributed by atoms with van der Waals surface area (Å²) < 4.78 is 5.59. The minimum atomic E-state index is 0.241.